The first-order valence-corrected chi connectivity index (χ1v) is 6.67. The van der Waals surface area contributed by atoms with Crippen molar-refractivity contribution in [3.05, 3.63) is 46.7 Å². The van der Waals surface area contributed by atoms with Crippen LogP contribution in [-0.2, 0) is 6.54 Å². The van der Waals surface area contributed by atoms with Gasteiger partial charge < -0.3 is 11.1 Å². The summed E-state index contributed by atoms with van der Waals surface area (Å²) in [5, 5.41) is 3.15. The van der Waals surface area contributed by atoms with Gasteiger partial charge in [0.2, 0.25) is 0 Å². The molecule has 5 nitrogen and oxygen atoms in total. The predicted octanol–water partition coefficient (Wildman–Crippen LogP) is 3.41. The molecule has 102 valence electrons. The number of benzene rings is 1. The number of anilines is 2. The number of nitrogens with zero attached hydrogens (tertiary/aromatic N) is 3. The van der Waals surface area contributed by atoms with Crippen molar-refractivity contribution in [3.63, 3.8) is 0 Å². The monoisotopic (exact) mass is 331 g/mol. The van der Waals surface area contributed by atoms with Crippen molar-refractivity contribution in [2.75, 3.05) is 11.1 Å². The molecule has 0 radical (unpaired) electrons. The van der Waals surface area contributed by atoms with Crippen molar-refractivity contribution in [1.29, 1.82) is 0 Å². The molecule has 0 amide bonds. The Hall–Kier alpha value is -2.21. The fourth-order valence-electron chi connectivity index (χ4n) is 1.71. The zero-order chi connectivity index (χ0) is 14.5. The molecule has 1 aromatic heterocycles. The number of rotatable bonds is 5. The van der Waals surface area contributed by atoms with Crippen molar-refractivity contribution in [2.45, 2.75) is 6.54 Å². The van der Waals surface area contributed by atoms with Crippen LogP contribution in [0.1, 0.15) is 11.1 Å². The van der Waals surface area contributed by atoms with Gasteiger partial charge in [-0.25, -0.2) is 9.97 Å². The highest BCUT2D eigenvalue weighted by Crippen LogP contribution is 2.22. The summed E-state index contributed by atoms with van der Waals surface area (Å²) in [6.07, 6.45) is 3.31. The predicted molar refractivity (Wildman–Crippen MR) is 87.2 cm³/mol. The number of hydrogen-bond donors (Lipinski definition) is 2. The van der Waals surface area contributed by atoms with E-state index in [2.05, 4.69) is 49.5 Å². The van der Waals surface area contributed by atoms with Gasteiger partial charge in [0.05, 0.1) is 11.9 Å². The van der Waals surface area contributed by atoms with E-state index in [0.29, 0.717) is 22.8 Å². The molecular weight excluding hydrogens is 318 g/mol. The van der Waals surface area contributed by atoms with E-state index < -0.39 is 0 Å². The zero-order valence-corrected chi connectivity index (χ0v) is 12.4. The lowest BCUT2D eigenvalue weighted by atomic mass is 10.1. The first-order chi connectivity index (χ1) is 9.63. The van der Waals surface area contributed by atoms with Gasteiger partial charge in [0.1, 0.15) is 4.60 Å². The second-order valence-corrected chi connectivity index (χ2v) is 4.85. The number of aromatic nitrogens is 2. The minimum atomic E-state index is 0.363. The van der Waals surface area contributed by atoms with E-state index >= 15 is 0 Å². The maximum Gasteiger partial charge on any atom is 0.170 e. The van der Waals surface area contributed by atoms with Gasteiger partial charge in [-0.1, -0.05) is 18.7 Å². The molecule has 0 unspecified atom stereocenters. The molecular formula is C14H14BrN5. The Bertz CT molecular complexity index is 654. The summed E-state index contributed by atoms with van der Waals surface area (Å²) in [4.78, 5) is 12.2. The average molecular weight is 332 g/mol. The summed E-state index contributed by atoms with van der Waals surface area (Å²) in [6.45, 7) is 7.88. The normalized spacial score (nSPS) is 10.1. The van der Waals surface area contributed by atoms with Crippen LogP contribution in [0.4, 0.5) is 17.3 Å². The summed E-state index contributed by atoms with van der Waals surface area (Å²) in [5.41, 5.74) is 8.57. The molecule has 1 heterocycles. The molecule has 0 saturated heterocycles. The lowest BCUT2D eigenvalue weighted by Gasteiger charge is -2.09. The lowest BCUT2D eigenvalue weighted by Crippen LogP contribution is -2.06. The Morgan fingerprint density at radius 1 is 1.45 bits per heavy atom. The van der Waals surface area contributed by atoms with E-state index in [1.54, 1.807) is 12.3 Å². The molecule has 3 N–H and O–H groups in total. The van der Waals surface area contributed by atoms with Gasteiger partial charge in [-0.05, 0) is 45.9 Å². The van der Waals surface area contributed by atoms with Crippen molar-refractivity contribution in [1.82, 2.24) is 9.97 Å². The largest absolute Gasteiger partial charge is 0.381 e. The van der Waals surface area contributed by atoms with E-state index in [1.807, 2.05) is 18.2 Å². The summed E-state index contributed by atoms with van der Waals surface area (Å²) in [7, 11) is 0. The summed E-state index contributed by atoms with van der Waals surface area (Å²) in [5.74, 6) is 0.909. The van der Waals surface area contributed by atoms with Crippen LogP contribution in [0.3, 0.4) is 0 Å². The van der Waals surface area contributed by atoms with Crippen LogP contribution in [0.25, 0.3) is 6.08 Å². The molecule has 0 aliphatic carbocycles. The molecule has 0 aliphatic rings. The molecule has 2 rings (SSSR count). The molecule has 0 fully saturated rings. The molecule has 0 bridgehead atoms. The Labute approximate surface area is 125 Å². The highest BCUT2D eigenvalue weighted by atomic mass is 79.9. The average Bonchev–Trinajstić information content (AvgIpc) is 2.47. The number of hydrogen-bond acceptors (Lipinski definition) is 5. The molecule has 0 saturated carbocycles. The smallest absolute Gasteiger partial charge is 0.170 e. The Balaban J connectivity index is 2.16. The molecule has 0 aliphatic heterocycles. The molecule has 2 aromatic rings. The molecule has 0 spiro atoms. The Kier molecular flexibility index (Phi) is 4.47. The highest BCUT2D eigenvalue weighted by molar-refractivity contribution is 9.10. The van der Waals surface area contributed by atoms with Crippen molar-refractivity contribution in [3.8, 4) is 0 Å². The second kappa shape index (κ2) is 6.29. The van der Waals surface area contributed by atoms with Gasteiger partial charge in [0.25, 0.3) is 0 Å². The van der Waals surface area contributed by atoms with Crippen LogP contribution in [0.2, 0.25) is 0 Å². The van der Waals surface area contributed by atoms with E-state index in [4.69, 9.17) is 5.73 Å². The first-order valence-electron chi connectivity index (χ1n) is 5.88. The van der Waals surface area contributed by atoms with Gasteiger partial charge in [-0.2, -0.15) is 0 Å². The van der Waals surface area contributed by atoms with Crippen LogP contribution in [0.15, 0.2) is 40.6 Å². The van der Waals surface area contributed by atoms with Gasteiger partial charge >= 0.3 is 0 Å². The Morgan fingerprint density at radius 2 is 2.25 bits per heavy atom. The van der Waals surface area contributed by atoms with E-state index in [1.165, 1.54) is 0 Å². The fraction of sp³-hybridized carbons (Fsp3) is 0.0714. The third kappa shape index (κ3) is 3.21. The highest BCUT2D eigenvalue weighted by Gasteiger charge is 2.04. The maximum atomic E-state index is 5.76. The summed E-state index contributed by atoms with van der Waals surface area (Å²) in [6, 6.07) is 5.86. The summed E-state index contributed by atoms with van der Waals surface area (Å²) >= 11 is 3.26. The molecule has 0 atom stereocenters. The van der Waals surface area contributed by atoms with Gasteiger partial charge in [0.15, 0.2) is 11.6 Å². The van der Waals surface area contributed by atoms with E-state index in [9.17, 15) is 0 Å². The van der Waals surface area contributed by atoms with Crippen molar-refractivity contribution >= 4 is 46.0 Å². The quantitative estimate of drug-likeness (QED) is 0.823. The van der Waals surface area contributed by atoms with Gasteiger partial charge in [-0.3, -0.25) is 4.99 Å². The number of nitrogen functional groups attached to an aromatic ring is 1. The third-order valence-electron chi connectivity index (χ3n) is 2.71. The number of nitrogens with two attached hydrogens (primary N) is 1. The lowest BCUT2D eigenvalue weighted by molar-refractivity contribution is 1.08. The van der Waals surface area contributed by atoms with Crippen LogP contribution < -0.4 is 11.1 Å². The standard InChI is InChI=1S/C14H14BrN5/c1-3-10-6-9(4-5-11(10)17-2)7-19-14-13(16)18-8-12(15)20-14/h3-6,8H,1-2,7H2,(H2,16,18)(H,19,20). The van der Waals surface area contributed by atoms with Crippen LogP contribution in [0, 0.1) is 0 Å². The maximum absolute atomic E-state index is 5.76. The number of nitrogens with one attached hydrogen (secondary N) is 1. The van der Waals surface area contributed by atoms with Gasteiger partial charge in [0, 0.05) is 6.54 Å². The van der Waals surface area contributed by atoms with Crippen molar-refractivity contribution in [2.24, 2.45) is 4.99 Å². The van der Waals surface area contributed by atoms with Crippen LogP contribution in [-0.4, -0.2) is 16.7 Å². The third-order valence-corrected chi connectivity index (χ3v) is 3.10. The first kappa shape index (κ1) is 14.2. The fourth-order valence-corrected chi connectivity index (χ4v) is 1.99. The molecule has 1 aromatic carbocycles. The van der Waals surface area contributed by atoms with E-state index in [0.717, 1.165) is 16.8 Å². The van der Waals surface area contributed by atoms with Crippen molar-refractivity contribution < 1.29 is 0 Å². The van der Waals surface area contributed by atoms with Crippen LogP contribution in [0.5, 0.6) is 0 Å². The van der Waals surface area contributed by atoms with Gasteiger partial charge in [-0.15, -0.1) is 0 Å². The number of aliphatic imine (C=N–C) groups is 1. The zero-order valence-electron chi connectivity index (χ0n) is 10.8. The minimum absolute atomic E-state index is 0.363. The number of halogens is 1. The molecule has 20 heavy (non-hydrogen) atoms. The topological polar surface area (TPSA) is 76.2 Å². The second-order valence-electron chi connectivity index (χ2n) is 4.04. The van der Waals surface area contributed by atoms with E-state index in [-0.39, 0.29) is 0 Å². The molecule has 6 heteroatoms. The van der Waals surface area contributed by atoms with Crippen LogP contribution >= 0.6 is 15.9 Å². The minimum Gasteiger partial charge on any atom is -0.381 e. The SMILES string of the molecule is C=Cc1cc(CNc2nc(Br)cnc2N)ccc1N=C. The summed E-state index contributed by atoms with van der Waals surface area (Å²) < 4.78 is 0.632. The Morgan fingerprint density at radius 3 is 2.95 bits per heavy atom.